The molecule has 1 aliphatic heterocycles. The van der Waals surface area contributed by atoms with E-state index in [9.17, 15) is 9.90 Å². The number of aliphatic hydroxyl groups is 1. The second kappa shape index (κ2) is 12.1. The third kappa shape index (κ3) is 8.36. The maximum Gasteiger partial charge on any atom is 0.229 e. The first-order valence-corrected chi connectivity index (χ1v) is 10.1. The summed E-state index contributed by atoms with van der Waals surface area (Å²) in [7, 11) is 0. The van der Waals surface area contributed by atoms with Gasteiger partial charge in [0.15, 0.2) is 0 Å². The van der Waals surface area contributed by atoms with Crippen molar-refractivity contribution in [1.82, 2.24) is 25.3 Å². The van der Waals surface area contributed by atoms with Crippen LogP contribution in [0.5, 0.6) is 0 Å². The van der Waals surface area contributed by atoms with E-state index in [1.165, 1.54) is 0 Å². The smallest absolute Gasteiger partial charge is 0.229 e. The Balaban J connectivity index is 0.000000214. The van der Waals surface area contributed by atoms with Crippen LogP contribution in [0, 0.1) is 5.92 Å². The van der Waals surface area contributed by atoms with Crippen LogP contribution >= 0.6 is 0 Å². The number of nitrogen functional groups attached to an aromatic ring is 1. The number of carbonyl (C=O) groups is 1. The molecular formula is C20H31N7O3. The van der Waals surface area contributed by atoms with Crippen LogP contribution in [-0.2, 0) is 9.53 Å². The fourth-order valence-electron chi connectivity index (χ4n) is 2.30. The van der Waals surface area contributed by atoms with Gasteiger partial charge in [0.1, 0.15) is 12.2 Å². The molecule has 3 rings (SSSR count). The largest absolute Gasteiger partial charge is 0.385 e. The average Bonchev–Trinajstić information content (AvgIpc) is 3.57. The molecule has 0 aliphatic carbocycles. The fourth-order valence-corrected chi connectivity index (χ4v) is 2.30. The van der Waals surface area contributed by atoms with Crippen LogP contribution < -0.4 is 16.4 Å². The molecule has 10 heteroatoms. The van der Waals surface area contributed by atoms with Crippen molar-refractivity contribution in [3.8, 4) is 0 Å². The first kappa shape index (κ1) is 23.6. The summed E-state index contributed by atoms with van der Waals surface area (Å²) < 4.78 is 5.10. The standard InChI is InChI=1S/C10H18N4O.C10H13N3O2/c1-2-3-5-12-7-9(15)8-4-6-13-10(11)14-8;1-6(2)9(14)13-10-11-4-3-7(12-10)8-5-15-8/h4,6,9,12,15H,2-3,5,7H2,1H3,(H2,11,13,14);3-4,6,8H,5H2,1-2H3,(H,11,12,13,14)/t9-;8-/m00/s1. The van der Waals surface area contributed by atoms with Gasteiger partial charge in [-0.3, -0.25) is 10.1 Å². The molecule has 1 saturated heterocycles. The number of epoxide rings is 1. The predicted octanol–water partition coefficient (Wildman–Crippen LogP) is 1.62. The Morgan fingerprint density at radius 3 is 2.67 bits per heavy atom. The Morgan fingerprint density at radius 1 is 1.30 bits per heavy atom. The van der Waals surface area contributed by atoms with Crippen LogP contribution in [0.2, 0.25) is 0 Å². The van der Waals surface area contributed by atoms with Gasteiger partial charge in [-0.05, 0) is 25.1 Å². The SMILES string of the molecule is CC(C)C(=O)Nc1nccc([C@@H]2CO2)n1.CCCCNC[C@H](O)c1ccnc(N)n1. The summed E-state index contributed by atoms with van der Waals surface area (Å²) in [6.45, 7) is 7.88. The van der Waals surface area contributed by atoms with Gasteiger partial charge in [0.05, 0.1) is 18.0 Å². The van der Waals surface area contributed by atoms with Gasteiger partial charge >= 0.3 is 0 Å². The molecule has 1 aliphatic rings. The van der Waals surface area contributed by atoms with Crippen molar-refractivity contribution in [3.05, 3.63) is 35.9 Å². The summed E-state index contributed by atoms with van der Waals surface area (Å²) in [6, 6.07) is 3.46. The molecule has 30 heavy (non-hydrogen) atoms. The topological polar surface area (TPSA) is 151 Å². The van der Waals surface area contributed by atoms with Gasteiger partial charge in [-0.25, -0.2) is 19.9 Å². The monoisotopic (exact) mass is 417 g/mol. The Morgan fingerprint density at radius 2 is 2.03 bits per heavy atom. The second-order valence-electron chi connectivity index (χ2n) is 7.18. The number of hydrogen-bond acceptors (Lipinski definition) is 9. The van der Waals surface area contributed by atoms with E-state index in [0.29, 0.717) is 24.8 Å². The van der Waals surface area contributed by atoms with Gasteiger partial charge in [-0.2, -0.15) is 0 Å². The molecular weight excluding hydrogens is 386 g/mol. The average molecular weight is 418 g/mol. The number of amides is 1. The number of anilines is 2. The van der Waals surface area contributed by atoms with E-state index in [1.54, 1.807) is 24.5 Å². The van der Waals surface area contributed by atoms with Crippen molar-refractivity contribution in [1.29, 1.82) is 0 Å². The second-order valence-corrected chi connectivity index (χ2v) is 7.18. The minimum Gasteiger partial charge on any atom is -0.385 e. The molecule has 1 fully saturated rings. The van der Waals surface area contributed by atoms with Crippen molar-refractivity contribution >= 4 is 17.8 Å². The molecule has 0 spiro atoms. The summed E-state index contributed by atoms with van der Waals surface area (Å²) in [6.07, 6.45) is 4.89. The Labute approximate surface area is 176 Å². The zero-order valence-electron chi connectivity index (χ0n) is 17.7. The van der Waals surface area contributed by atoms with Crippen LogP contribution in [0.25, 0.3) is 0 Å². The number of rotatable bonds is 9. The van der Waals surface area contributed by atoms with Crippen LogP contribution in [-0.4, -0.2) is 50.6 Å². The highest BCUT2D eigenvalue weighted by Crippen LogP contribution is 2.28. The van der Waals surface area contributed by atoms with Gasteiger partial charge in [0.2, 0.25) is 17.8 Å². The highest BCUT2D eigenvalue weighted by molar-refractivity contribution is 5.90. The summed E-state index contributed by atoms with van der Waals surface area (Å²) in [5.41, 5.74) is 6.80. The molecule has 1 amide bonds. The molecule has 164 valence electrons. The van der Waals surface area contributed by atoms with Crippen LogP contribution in [0.1, 0.15) is 57.2 Å². The lowest BCUT2D eigenvalue weighted by Crippen LogP contribution is -2.23. The lowest BCUT2D eigenvalue weighted by molar-refractivity contribution is -0.118. The molecule has 0 unspecified atom stereocenters. The minimum atomic E-state index is -0.618. The third-order valence-electron chi connectivity index (χ3n) is 4.18. The number of carbonyl (C=O) groups excluding carboxylic acids is 1. The molecule has 10 nitrogen and oxygen atoms in total. The molecule has 0 saturated carbocycles. The first-order valence-electron chi connectivity index (χ1n) is 10.1. The number of nitrogens with zero attached hydrogens (tertiary/aromatic N) is 4. The van der Waals surface area contributed by atoms with E-state index in [0.717, 1.165) is 25.1 Å². The lowest BCUT2D eigenvalue weighted by Gasteiger charge is -2.10. The third-order valence-corrected chi connectivity index (χ3v) is 4.18. The molecule has 5 N–H and O–H groups in total. The summed E-state index contributed by atoms with van der Waals surface area (Å²) >= 11 is 0. The molecule has 0 radical (unpaired) electrons. The van der Waals surface area contributed by atoms with Crippen molar-refractivity contribution in [2.75, 3.05) is 30.7 Å². The van der Waals surface area contributed by atoms with E-state index in [1.807, 2.05) is 13.8 Å². The van der Waals surface area contributed by atoms with Gasteiger partial charge in [-0.1, -0.05) is 27.2 Å². The van der Waals surface area contributed by atoms with E-state index >= 15 is 0 Å². The van der Waals surface area contributed by atoms with E-state index < -0.39 is 6.10 Å². The zero-order chi connectivity index (χ0) is 21.9. The maximum atomic E-state index is 11.4. The summed E-state index contributed by atoms with van der Waals surface area (Å²) in [4.78, 5) is 27.3. The van der Waals surface area contributed by atoms with Crippen molar-refractivity contribution in [2.24, 2.45) is 5.92 Å². The van der Waals surface area contributed by atoms with E-state index in [-0.39, 0.29) is 23.9 Å². The maximum absolute atomic E-state index is 11.4. The Bertz CT molecular complexity index is 799. The number of nitrogens with one attached hydrogen (secondary N) is 2. The number of nitrogens with two attached hydrogens (primary N) is 1. The van der Waals surface area contributed by atoms with E-state index in [2.05, 4.69) is 37.5 Å². The minimum absolute atomic E-state index is 0.0746. The quantitative estimate of drug-likeness (QED) is 0.352. The van der Waals surface area contributed by atoms with E-state index in [4.69, 9.17) is 10.5 Å². The number of aromatic nitrogens is 4. The normalized spacial score (nSPS) is 15.8. The van der Waals surface area contributed by atoms with Crippen LogP contribution in [0.3, 0.4) is 0 Å². The number of hydrogen-bond donors (Lipinski definition) is 4. The highest BCUT2D eigenvalue weighted by Gasteiger charge is 2.26. The molecule has 2 aromatic heterocycles. The molecule has 3 heterocycles. The van der Waals surface area contributed by atoms with Crippen molar-refractivity contribution in [2.45, 2.75) is 45.8 Å². The summed E-state index contributed by atoms with van der Waals surface area (Å²) in [5.74, 6) is 0.389. The molecule has 0 bridgehead atoms. The van der Waals surface area contributed by atoms with Gasteiger partial charge in [-0.15, -0.1) is 0 Å². The Kier molecular flexibility index (Phi) is 9.52. The molecule has 2 aromatic rings. The number of aliphatic hydroxyl groups excluding tert-OH is 1. The molecule has 2 atom stereocenters. The first-order chi connectivity index (χ1) is 14.4. The summed E-state index contributed by atoms with van der Waals surface area (Å²) in [5, 5.41) is 15.5. The highest BCUT2D eigenvalue weighted by atomic mass is 16.6. The lowest BCUT2D eigenvalue weighted by atomic mass is 10.2. The fraction of sp³-hybridized carbons (Fsp3) is 0.550. The number of unbranched alkanes of at least 4 members (excludes halogenated alkanes) is 1. The zero-order valence-corrected chi connectivity index (χ0v) is 17.7. The van der Waals surface area contributed by atoms with Crippen molar-refractivity contribution in [3.63, 3.8) is 0 Å². The van der Waals surface area contributed by atoms with Gasteiger partial charge in [0, 0.05) is 24.9 Å². The Hall–Kier alpha value is -2.69. The van der Waals surface area contributed by atoms with Gasteiger partial charge < -0.3 is 20.9 Å². The predicted molar refractivity (Wildman–Crippen MR) is 113 cm³/mol. The van der Waals surface area contributed by atoms with Crippen LogP contribution in [0.4, 0.5) is 11.9 Å². The molecule has 0 aromatic carbocycles. The van der Waals surface area contributed by atoms with Crippen LogP contribution in [0.15, 0.2) is 24.5 Å². The van der Waals surface area contributed by atoms with Crippen molar-refractivity contribution < 1.29 is 14.6 Å². The van der Waals surface area contributed by atoms with Gasteiger partial charge in [0.25, 0.3) is 0 Å². The number of ether oxygens (including phenoxy) is 1.